The van der Waals surface area contributed by atoms with Gasteiger partial charge in [0.1, 0.15) is 0 Å². The van der Waals surface area contributed by atoms with Crippen molar-refractivity contribution in [1.82, 2.24) is 10.2 Å². The van der Waals surface area contributed by atoms with Crippen LogP contribution in [0.2, 0.25) is 0 Å². The maximum Gasteiger partial charge on any atom is 0.317 e. The highest BCUT2D eigenvalue weighted by molar-refractivity contribution is 5.76. The Hall–Kier alpha value is -1.26. The van der Waals surface area contributed by atoms with E-state index in [1.807, 2.05) is 0 Å². The SMILES string of the molecule is CC1CCC(CCNC(=O)N2CCC[C@H](C(=O)O)C2)CC1. The van der Waals surface area contributed by atoms with E-state index in [9.17, 15) is 9.59 Å². The summed E-state index contributed by atoms with van der Waals surface area (Å²) in [6.45, 7) is 4.05. The lowest BCUT2D eigenvalue weighted by Gasteiger charge is -2.31. The summed E-state index contributed by atoms with van der Waals surface area (Å²) in [4.78, 5) is 24.8. The van der Waals surface area contributed by atoms with Crippen LogP contribution in [0.15, 0.2) is 0 Å². The quantitative estimate of drug-likeness (QED) is 0.838. The molecule has 5 nitrogen and oxygen atoms in total. The fraction of sp³-hybridized carbons (Fsp3) is 0.875. The number of piperidine rings is 1. The van der Waals surface area contributed by atoms with Crippen LogP contribution in [-0.2, 0) is 4.79 Å². The van der Waals surface area contributed by atoms with Gasteiger partial charge in [-0.1, -0.05) is 32.6 Å². The van der Waals surface area contributed by atoms with Crippen LogP contribution in [0.5, 0.6) is 0 Å². The number of nitrogens with one attached hydrogen (secondary N) is 1. The van der Waals surface area contributed by atoms with Gasteiger partial charge in [0.2, 0.25) is 0 Å². The monoisotopic (exact) mass is 296 g/mol. The fourth-order valence-corrected chi connectivity index (χ4v) is 3.48. The van der Waals surface area contributed by atoms with E-state index in [-0.39, 0.29) is 6.03 Å². The third kappa shape index (κ3) is 4.90. The molecule has 0 bridgehead atoms. The van der Waals surface area contributed by atoms with E-state index in [0.29, 0.717) is 26.1 Å². The Morgan fingerprint density at radius 2 is 1.90 bits per heavy atom. The minimum atomic E-state index is -0.788. The number of aliphatic carboxylic acids is 1. The molecule has 1 aliphatic heterocycles. The van der Waals surface area contributed by atoms with Crippen molar-refractivity contribution in [2.45, 2.75) is 51.9 Å². The maximum absolute atomic E-state index is 12.1. The van der Waals surface area contributed by atoms with Crippen LogP contribution in [0, 0.1) is 17.8 Å². The first-order chi connectivity index (χ1) is 10.1. The van der Waals surface area contributed by atoms with Crippen molar-refractivity contribution >= 4 is 12.0 Å². The predicted molar refractivity (Wildman–Crippen MR) is 81.1 cm³/mol. The highest BCUT2D eigenvalue weighted by Crippen LogP contribution is 2.29. The number of urea groups is 1. The van der Waals surface area contributed by atoms with Crippen molar-refractivity contribution in [3.05, 3.63) is 0 Å². The van der Waals surface area contributed by atoms with E-state index in [2.05, 4.69) is 12.2 Å². The normalized spacial score (nSPS) is 30.0. The van der Waals surface area contributed by atoms with E-state index in [0.717, 1.165) is 24.7 Å². The van der Waals surface area contributed by atoms with E-state index < -0.39 is 11.9 Å². The largest absolute Gasteiger partial charge is 0.481 e. The molecule has 0 spiro atoms. The van der Waals surface area contributed by atoms with Gasteiger partial charge in [0.25, 0.3) is 0 Å². The number of carboxylic acid groups (broad SMARTS) is 1. The molecule has 1 saturated carbocycles. The molecule has 120 valence electrons. The number of carbonyl (C=O) groups is 2. The van der Waals surface area contributed by atoms with Crippen molar-refractivity contribution in [2.75, 3.05) is 19.6 Å². The zero-order chi connectivity index (χ0) is 15.2. The van der Waals surface area contributed by atoms with E-state index >= 15 is 0 Å². The molecule has 0 aromatic heterocycles. The summed E-state index contributed by atoms with van der Waals surface area (Å²) in [5.74, 6) is 0.417. The Labute approximate surface area is 127 Å². The second kappa shape index (κ2) is 7.66. The third-order valence-electron chi connectivity index (χ3n) is 5.02. The van der Waals surface area contributed by atoms with Gasteiger partial charge in [-0.15, -0.1) is 0 Å². The standard InChI is InChI=1S/C16H28N2O3/c1-12-4-6-13(7-5-12)8-9-17-16(21)18-10-2-3-14(11-18)15(19)20/h12-14H,2-11H2,1H3,(H,17,21)(H,19,20)/t12?,13?,14-/m0/s1. The Bertz CT molecular complexity index is 365. The van der Waals surface area contributed by atoms with Gasteiger partial charge in [-0.05, 0) is 31.1 Å². The van der Waals surface area contributed by atoms with Crippen molar-refractivity contribution in [3.8, 4) is 0 Å². The molecule has 1 saturated heterocycles. The number of rotatable bonds is 4. The molecular weight excluding hydrogens is 268 g/mol. The van der Waals surface area contributed by atoms with Crippen LogP contribution in [0.25, 0.3) is 0 Å². The highest BCUT2D eigenvalue weighted by Gasteiger charge is 2.28. The van der Waals surface area contributed by atoms with Crippen molar-refractivity contribution in [3.63, 3.8) is 0 Å². The Morgan fingerprint density at radius 1 is 1.19 bits per heavy atom. The molecule has 2 aliphatic rings. The molecule has 2 N–H and O–H groups in total. The molecule has 1 heterocycles. The third-order valence-corrected chi connectivity index (χ3v) is 5.02. The van der Waals surface area contributed by atoms with Gasteiger partial charge in [-0.3, -0.25) is 4.79 Å². The Kier molecular flexibility index (Phi) is 5.88. The molecule has 2 rings (SSSR count). The average molecular weight is 296 g/mol. The second-order valence-electron chi connectivity index (χ2n) is 6.77. The van der Waals surface area contributed by atoms with Crippen LogP contribution < -0.4 is 5.32 Å². The summed E-state index contributed by atoms with van der Waals surface area (Å²) in [6, 6.07) is -0.0925. The zero-order valence-corrected chi connectivity index (χ0v) is 13.0. The first kappa shape index (κ1) is 16.1. The number of hydrogen-bond donors (Lipinski definition) is 2. The minimum absolute atomic E-state index is 0.0925. The number of likely N-dealkylation sites (tertiary alicyclic amines) is 1. The van der Waals surface area contributed by atoms with Crippen LogP contribution in [0.4, 0.5) is 4.79 Å². The summed E-state index contributed by atoms with van der Waals surface area (Å²) in [5, 5.41) is 12.0. The number of hydrogen-bond acceptors (Lipinski definition) is 2. The van der Waals surface area contributed by atoms with Gasteiger partial charge in [-0.2, -0.15) is 0 Å². The molecule has 2 amide bonds. The number of carbonyl (C=O) groups excluding carboxylic acids is 1. The van der Waals surface area contributed by atoms with Crippen molar-refractivity contribution in [2.24, 2.45) is 17.8 Å². The molecule has 0 aromatic rings. The molecule has 21 heavy (non-hydrogen) atoms. The van der Waals surface area contributed by atoms with Crippen molar-refractivity contribution in [1.29, 1.82) is 0 Å². The molecule has 1 aliphatic carbocycles. The van der Waals surface area contributed by atoms with E-state index in [1.165, 1.54) is 25.7 Å². The van der Waals surface area contributed by atoms with Gasteiger partial charge in [0, 0.05) is 19.6 Å². The molecule has 0 aromatic carbocycles. The van der Waals surface area contributed by atoms with Gasteiger partial charge >= 0.3 is 12.0 Å². The summed E-state index contributed by atoms with van der Waals surface area (Å²) in [7, 11) is 0. The van der Waals surface area contributed by atoms with Crippen LogP contribution in [0.1, 0.15) is 51.9 Å². The smallest absolute Gasteiger partial charge is 0.317 e. The number of nitrogens with zero attached hydrogens (tertiary/aromatic N) is 1. The predicted octanol–water partition coefficient (Wildman–Crippen LogP) is 2.71. The zero-order valence-electron chi connectivity index (χ0n) is 13.0. The second-order valence-corrected chi connectivity index (χ2v) is 6.77. The summed E-state index contributed by atoms with van der Waals surface area (Å²) in [6.07, 6.45) is 7.69. The molecule has 2 fully saturated rings. The summed E-state index contributed by atoms with van der Waals surface area (Å²) < 4.78 is 0. The molecule has 5 heteroatoms. The molecule has 1 atom stereocenters. The topological polar surface area (TPSA) is 69.6 Å². The van der Waals surface area contributed by atoms with Crippen LogP contribution in [0.3, 0.4) is 0 Å². The first-order valence-corrected chi connectivity index (χ1v) is 8.32. The van der Waals surface area contributed by atoms with E-state index in [4.69, 9.17) is 5.11 Å². The molecule has 0 unspecified atom stereocenters. The molecular formula is C16H28N2O3. The Morgan fingerprint density at radius 3 is 2.57 bits per heavy atom. The van der Waals surface area contributed by atoms with Gasteiger partial charge in [-0.25, -0.2) is 4.79 Å². The lowest BCUT2D eigenvalue weighted by atomic mass is 9.81. The van der Waals surface area contributed by atoms with Gasteiger partial charge in [0.15, 0.2) is 0 Å². The average Bonchev–Trinajstić information content (AvgIpc) is 2.49. The summed E-state index contributed by atoms with van der Waals surface area (Å²) >= 11 is 0. The number of carboxylic acids is 1. The van der Waals surface area contributed by atoms with Crippen LogP contribution in [-0.4, -0.2) is 41.6 Å². The summed E-state index contributed by atoms with van der Waals surface area (Å²) in [5.41, 5.74) is 0. The lowest BCUT2D eigenvalue weighted by Crippen LogP contribution is -2.47. The van der Waals surface area contributed by atoms with Crippen LogP contribution >= 0.6 is 0 Å². The minimum Gasteiger partial charge on any atom is -0.481 e. The first-order valence-electron chi connectivity index (χ1n) is 8.32. The highest BCUT2D eigenvalue weighted by atomic mass is 16.4. The Balaban J connectivity index is 1.66. The van der Waals surface area contributed by atoms with Gasteiger partial charge in [0.05, 0.1) is 5.92 Å². The van der Waals surface area contributed by atoms with E-state index in [1.54, 1.807) is 4.90 Å². The molecule has 0 radical (unpaired) electrons. The fourth-order valence-electron chi connectivity index (χ4n) is 3.48. The number of amides is 2. The maximum atomic E-state index is 12.1. The van der Waals surface area contributed by atoms with Gasteiger partial charge < -0.3 is 15.3 Å². The lowest BCUT2D eigenvalue weighted by molar-refractivity contribution is -0.143. The van der Waals surface area contributed by atoms with Crippen molar-refractivity contribution < 1.29 is 14.7 Å².